The van der Waals surface area contributed by atoms with Crippen molar-refractivity contribution in [3.8, 4) is 0 Å². The fourth-order valence-electron chi connectivity index (χ4n) is 0. The van der Waals surface area contributed by atoms with Crippen molar-refractivity contribution < 1.29 is 64.4 Å². The summed E-state index contributed by atoms with van der Waals surface area (Å²) >= 11 is 0. The predicted molar refractivity (Wildman–Crippen MR) is 14.2 cm³/mol. The van der Waals surface area contributed by atoms with Crippen molar-refractivity contribution in [2.75, 3.05) is 0 Å². The topological polar surface area (TPSA) is 74.6 Å². The zero-order chi connectivity index (χ0) is 4.50. The molecule has 0 saturated carbocycles. The molecule has 0 atom stereocenters. The van der Waals surface area contributed by atoms with E-state index < -0.39 is 10.4 Å². The molecule has 0 saturated heterocycles. The smallest absolute Gasteiger partial charge is 0.264 e. The van der Waals surface area contributed by atoms with Gasteiger partial charge in [0.2, 0.25) is 0 Å². The second-order valence-electron chi connectivity index (χ2n) is 0.448. The SMILES string of the molecule is O=S(=O)(O)O.[Yb]. The van der Waals surface area contributed by atoms with Gasteiger partial charge < -0.3 is 0 Å². The van der Waals surface area contributed by atoms with E-state index in [0.717, 1.165) is 0 Å². The summed E-state index contributed by atoms with van der Waals surface area (Å²) in [5, 5.41) is 0. The zero-order valence-corrected chi connectivity index (χ0v) is 4.92. The van der Waals surface area contributed by atoms with Gasteiger partial charge in [-0.2, -0.15) is 8.42 Å². The first-order valence-electron chi connectivity index (χ1n) is 0.698. The molecule has 0 aliphatic heterocycles. The van der Waals surface area contributed by atoms with Crippen LogP contribution in [0.5, 0.6) is 0 Å². The van der Waals surface area contributed by atoms with Crippen molar-refractivity contribution in [2.24, 2.45) is 0 Å². The first-order chi connectivity index (χ1) is 2.00. The normalized spacial score (nSPS) is 9.67. The maximum Gasteiger partial charge on any atom is 0.394 e. The molecule has 0 bridgehead atoms. The fraction of sp³-hybridized carbons (Fsp3) is 0. The Balaban J connectivity index is 0. The Bertz CT molecular complexity index is 90.7. The Labute approximate surface area is 73.7 Å². The third-order valence-electron chi connectivity index (χ3n) is 0. The van der Waals surface area contributed by atoms with E-state index >= 15 is 0 Å². The van der Waals surface area contributed by atoms with E-state index in [1.165, 1.54) is 0 Å². The van der Waals surface area contributed by atoms with Crippen LogP contribution in [0.25, 0.3) is 0 Å². The van der Waals surface area contributed by atoms with Crippen LogP contribution in [-0.2, 0) is 10.4 Å². The maximum absolute atomic E-state index is 8.74. The molecule has 0 rings (SSSR count). The van der Waals surface area contributed by atoms with Gasteiger partial charge in [0.1, 0.15) is 0 Å². The van der Waals surface area contributed by atoms with Gasteiger partial charge in [-0.05, 0) is 0 Å². The summed E-state index contributed by atoms with van der Waals surface area (Å²) < 4.78 is 31.6. The Morgan fingerprint density at radius 3 is 1.17 bits per heavy atom. The van der Waals surface area contributed by atoms with Crippen LogP contribution in [0, 0.1) is 46.9 Å². The quantitative estimate of drug-likeness (QED) is 0.574. The van der Waals surface area contributed by atoms with Gasteiger partial charge >= 0.3 is 10.4 Å². The second kappa shape index (κ2) is 3.40. The molecule has 0 heterocycles. The summed E-state index contributed by atoms with van der Waals surface area (Å²) in [4.78, 5) is 0. The molecular formula is H2O4SYb. The molecule has 0 aliphatic rings. The van der Waals surface area contributed by atoms with Crippen LogP contribution in [-0.4, -0.2) is 17.5 Å². The van der Waals surface area contributed by atoms with Crippen molar-refractivity contribution in [3.05, 3.63) is 0 Å². The standard InChI is InChI=1S/H2O4S.Yb/c1-5(2,3)4;/h(H2,1,2,3,4);. The molecule has 0 amide bonds. The van der Waals surface area contributed by atoms with Crippen LogP contribution in [0.3, 0.4) is 0 Å². The molecule has 0 fully saturated rings. The Morgan fingerprint density at radius 2 is 1.17 bits per heavy atom. The largest absolute Gasteiger partial charge is 0.394 e. The summed E-state index contributed by atoms with van der Waals surface area (Å²) in [6.45, 7) is 0. The summed E-state index contributed by atoms with van der Waals surface area (Å²) in [7, 11) is -4.67. The number of hydrogen-bond donors (Lipinski definition) is 2. The molecule has 0 spiro atoms. The molecule has 6 heavy (non-hydrogen) atoms. The zero-order valence-electron chi connectivity index (χ0n) is 2.39. The van der Waals surface area contributed by atoms with Gasteiger partial charge in [-0.3, -0.25) is 9.11 Å². The van der Waals surface area contributed by atoms with Gasteiger partial charge in [0.25, 0.3) is 0 Å². The van der Waals surface area contributed by atoms with E-state index in [9.17, 15) is 0 Å². The van der Waals surface area contributed by atoms with Crippen LogP contribution in [0.4, 0.5) is 0 Å². The molecule has 6 heteroatoms. The summed E-state index contributed by atoms with van der Waals surface area (Å²) in [6, 6.07) is 0. The summed E-state index contributed by atoms with van der Waals surface area (Å²) in [6.07, 6.45) is 0. The molecule has 0 aromatic carbocycles. The van der Waals surface area contributed by atoms with Crippen molar-refractivity contribution >= 4 is 10.4 Å². The first-order valence-corrected chi connectivity index (χ1v) is 2.10. The summed E-state index contributed by atoms with van der Waals surface area (Å²) in [5.74, 6) is 0. The average Bonchev–Trinajstić information content (AvgIpc) is 0.722. The molecular weight excluding hydrogens is 269 g/mol. The third kappa shape index (κ3) is 53.8. The molecule has 0 unspecified atom stereocenters. The van der Waals surface area contributed by atoms with Crippen molar-refractivity contribution in [1.82, 2.24) is 0 Å². The van der Waals surface area contributed by atoms with Gasteiger partial charge in [-0.1, -0.05) is 0 Å². The molecule has 0 aliphatic carbocycles. The average molecular weight is 271 g/mol. The Kier molecular flexibility index (Phi) is 5.88. The number of rotatable bonds is 0. The van der Waals surface area contributed by atoms with Gasteiger partial charge in [0, 0.05) is 46.9 Å². The molecule has 0 aromatic rings. The monoisotopic (exact) mass is 272 g/mol. The third-order valence-corrected chi connectivity index (χ3v) is 0. The molecule has 4 nitrogen and oxygen atoms in total. The van der Waals surface area contributed by atoms with Gasteiger partial charge in [0.15, 0.2) is 0 Å². The molecule has 0 aromatic heterocycles. The second-order valence-corrected chi connectivity index (χ2v) is 1.34. The molecule has 2 N–H and O–H groups in total. The van der Waals surface area contributed by atoms with Crippen LogP contribution in [0.2, 0.25) is 0 Å². The predicted octanol–water partition coefficient (Wildman–Crippen LogP) is -0.653. The molecule has 0 radical (unpaired) electrons. The Morgan fingerprint density at radius 1 is 1.17 bits per heavy atom. The fourth-order valence-corrected chi connectivity index (χ4v) is 0. The summed E-state index contributed by atoms with van der Waals surface area (Å²) in [5.41, 5.74) is 0. The van der Waals surface area contributed by atoms with Crippen LogP contribution in [0.1, 0.15) is 0 Å². The van der Waals surface area contributed by atoms with E-state index in [0.29, 0.717) is 0 Å². The Hall–Kier alpha value is 1.39. The van der Waals surface area contributed by atoms with E-state index in [1.54, 1.807) is 0 Å². The van der Waals surface area contributed by atoms with E-state index in [2.05, 4.69) is 0 Å². The van der Waals surface area contributed by atoms with E-state index in [4.69, 9.17) is 17.5 Å². The minimum atomic E-state index is -4.67. The van der Waals surface area contributed by atoms with E-state index in [-0.39, 0.29) is 46.9 Å². The maximum atomic E-state index is 8.74. The van der Waals surface area contributed by atoms with Crippen LogP contribution >= 0.6 is 0 Å². The van der Waals surface area contributed by atoms with Crippen LogP contribution < -0.4 is 0 Å². The number of hydrogen-bond acceptors (Lipinski definition) is 2. The van der Waals surface area contributed by atoms with Gasteiger partial charge in [-0.25, -0.2) is 0 Å². The minimum Gasteiger partial charge on any atom is -0.264 e. The minimum absolute atomic E-state index is 0. The van der Waals surface area contributed by atoms with Gasteiger partial charge in [-0.15, -0.1) is 0 Å². The first kappa shape index (κ1) is 10.4. The van der Waals surface area contributed by atoms with E-state index in [1.807, 2.05) is 0 Å². The molecule has 46 valence electrons. The van der Waals surface area contributed by atoms with Crippen molar-refractivity contribution in [1.29, 1.82) is 0 Å². The van der Waals surface area contributed by atoms with Crippen molar-refractivity contribution in [2.45, 2.75) is 0 Å². The van der Waals surface area contributed by atoms with Crippen LogP contribution in [0.15, 0.2) is 0 Å². The van der Waals surface area contributed by atoms with Crippen molar-refractivity contribution in [3.63, 3.8) is 0 Å². The van der Waals surface area contributed by atoms with Gasteiger partial charge in [0.05, 0.1) is 0 Å².